The lowest BCUT2D eigenvalue weighted by Gasteiger charge is -2.21. The summed E-state index contributed by atoms with van der Waals surface area (Å²) in [7, 11) is -2.10. The third kappa shape index (κ3) is 4.31. The van der Waals surface area contributed by atoms with E-state index in [2.05, 4.69) is 4.72 Å². The molecule has 0 aliphatic rings. The fraction of sp³-hybridized carbons (Fsp3) is 0.462. The highest BCUT2D eigenvalue weighted by Gasteiger charge is 2.21. The van der Waals surface area contributed by atoms with Crippen molar-refractivity contribution in [1.29, 1.82) is 5.26 Å². The minimum atomic E-state index is -3.56. The SMILES string of the molecule is Cc1ccccc1[C@H](C)NS(=O)(=O)N(C)CCC#N. The van der Waals surface area contributed by atoms with Gasteiger partial charge < -0.3 is 0 Å². The number of nitriles is 1. The van der Waals surface area contributed by atoms with E-state index in [0.29, 0.717) is 0 Å². The van der Waals surface area contributed by atoms with Crippen LogP contribution in [0.2, 0.25) is 0 Å². The maximum Gasteiger partial charge on any atom is 0.279 e. The standard InChI is InChI=1S/C13H19N3O2S/c1-11-7-4-5-8-13(11)12(2)15-19(17,18)16(3)10-6-9-14/h4-5,7-8,12,15H,6,10H2,1-3H3/t12-/m0/s1. The molecule has 0 radical (unpaired) electrons. The van der Waals surface area contributed by atoms with Gasteiger partial charge in [-0.3, -0.25) is 0 Å². The molecule has 5 nitrogen and oxygen atoms in total. The second-order valence-electron chi connectivity index (χ2n) is 4.43. The van der Waals surface area contributed by atoms with Crippen LogP contribution in [0.1, 0.15) is 30.5 Å². The number of hydrogen-bond acceptors (Lipinski definition) is 3. The van der Waals surface area contributed by atoms with E-state index in [1.807, 2.05) is 37.3 Å². The van der Waals surface area contributed by atoms with Gasteiger partial charge in [-0.05, 0) is 25.0 Å². The summed E-state index contributed by atoms with van der Waals surface area (Å²) in [5, 5.41) is 8.49. The molecule has 1 aromatic carbocycles. The summed E-state index contributed by atoms with van der Waals surface area (Å²) >= 11 is 0. The third-order valence-corrected chi connectivity index (χ3v) is 4.58. The molecule has 19 heavy (non-hydrogen) atoms. The Kier molecular flexibility index (Phi) is 5.48. The van der Waals surface area contributed by atoms with Crippen molar-refractivity contribution in [3.8, 4) is 6.07 Å². The number of nitrogens with one attached hydrogen (secondary N) is 1. The van der Waals surface area contributed by atoms with Crippen LogP contribution in [0.15, 0.2) is 24.3 Å². The second kappa shape index (κ2) is 6.66. The molecule has 1 N–H and O–H groups in total. The smallest absolute Gasteiger partial charge is 0.198 e. The van der Waals surface area contributed by atoms with E-state index < -0.39 is 10.2 Å². The van der Waals surface area contributed by atoms with Crippen molar-refractivity contribution >= 4 is 10.2 Å². The monoisotopic (exact) mass is 281 g/mol. The summed E-state index contributed by atoms with van der Waals surface area (Å²) in [4.78, 5) is 0. The largest absolute Gasteiger partial charge is 0.279 e. The lowest BCUT2D eigenvalue weighted by molar-refractivity contribution is 0.456. The number of rotatable bonds is 6. The summed E-state index contributed by atoms with van der Waals surface area (Å²) in [5.41, 5.74) is 1.98. The normalized spacial score (nSPS) is 13.2. The molecule has 6 heteroatoms. The third-order valence-electron chi connectivity index (χ3n) is 2.93. The van der Waals surface area contributed by atoms with Crippen LogP contribution in [0.25, 0.3) is 0 Å². The first-order valence-electron chi connectivity index (χ1n) is 6.04. The van der Waals surface area contributed by atoms with E-state index in [9.17, 15) is 8.42 Å². The summed E-state index contributed by atoms with van der Waals surface area (Å²) in [5.74, 6) is 0. The average molecular weight is 281 g/mol. The number of benzene rings is 1. The zero-order valence-corrected chi connectivity index (χ0v) is 12.2. The van der Waals surface area contributed by atoms with E-state index in [1.165, 1.54) is 7.05 Å². The molecule has 0 amide bonds. The van der Waals surface area contributed by atoms with Crippen LogP contribution < -0.4 is 4.72 Å². The van der Waals surface area contributed by atoms with Crippen molar-refractivity contribution in [2.45, 2.75) is 26.3 Å². The van der Waals surface area contributed by atoms with E-state index in [4.69, 9.17) is 5.26 Å². The molecule has 104 valence electrons. The summed E-state index contributed by atoms with van der Waals surface area (Å²) in [6.07, 6.45) is 0.177. The van der Waals surface area contributed by atoms with Gasteiger partial charge in [-0.1, -0.05) is 24.3 Å². The molecule has 0 fully saturated rings. The van der Waals surface area contributed by atoms with E-state index in [-0.39, 0.29) is 19.0 Å². The minimum Gasteiger partial charge on any atom is -0.198 e. The highest BCUT2D eigenvalue weighted by Crippen LogP contribution is 2.18. The molecule has 1 rings (SSSR count). The Labute approximate surface area is 115 Å². The summed E-state index contributed by atoms with van der Waals surface area (Å²) < 4.78 is 27.8. The van der Waals surface area contributed by atoms with Gasteiger partial charge in [0.15, 0.2) is 0 Å². The van der Waals surface area contributed by atoms with Crippen LogP contribution in [0.3, 0.4) is 0 Å². The van der Waals surface area contributed by atoms with Crippen LogP contribution in [0.5, 0.6) is 0 Å². The minimum absolute atomic E-state index is 0.177. The van der Waals surface area contributed by atoms with Crippen molar-refractivity contribution in [3.05, 3.63) is 35.4 Å². The Morgan fingerprint density at radius 2 is 2.05 bits per heavy atom. The molecular formula is C13H19N3O2S. The van der Waals surface area contributed by atoms with Crippen molar-refractivity contribution in [1.82, 2.24) is 9.03 Å². The van der Waals surface area contributed by atoms with Gasteiger partial charge in [0.2, 0.25) is 0 Å². The van der Waals surface area contributed by atoms with Gasteiger partial charge in [-0.15, -0.1) is 0 Å². The maximum absolute atomic E-state index is 12.0. The molecule has 0 bridgehead atoms. The van der Waals surface area contributed by atoms with E-state index in [1.54, 1.807) is 6.92 Å². The molecule has 0 saturated heterocycles. The number of aryl methyl sites for hydroxylation is 1. The average Bonchev–Trinajstić information content (AvgIpc) is 2.35. The van der Waals surface area contributed by atoms with Gasteiger partial charge in [0, 0.05) is 26.1 Å². The fourth-order valence-electron chi connectivity index (χ4n) is 1.78. The lowest BCUT2D eigenvalue weighted by atomic mass is 10.0. The van der Waals surface area contributed by atoms with Crippen LogP contribution in [0, 0.1) is 18.3 Å². The molecular weight excluding hydrogens is 262 g/mol. The van der Waals surface area contributed by atoms with Gasteiger partial charge in [0.1, 0.15) is 0 Å². The van der Waals surface area contributed by atoms with Crippen molar-refractivity contribution in [3.63, 3.8) is 0 Å². The first-order valence-corrected chi connectivity index (χ1v) is 7.48. The number of nitrogens with zero attached hydrogens (tertiary/aromatic N) is 2. The predicted octanol–water partition coefficient (Wildman–Crippen LogP) is 1.74. The fourth-order valence-corrected chi connectivity index (χ4v) is 2.86. The maximum atomic E-state index is 12.0. The molecule has 0 unspecified atom stereocenters. The first kappa shape index (κ1) is 15.6. The first-order chi connectivity index (χ1) is 8.88. The van der Waals surface area contributed by atoms with E-state index in [0.717, 1.165) is 15.4 Å². The summed E-state index contributed by atoms with van der Waals surface area (Å²) in [6, 6.07) is 9.26. The zero-order valence-electron chi connectivity index (χ0n) is 11.4. The lowest BCUT2D eigenvalue weighted by Crippen LogP contribution is -2.40. The Bertz CT molecular complexity index is 563. The van der Waals surface area contributed by atoms with Crippen LogP contribution >= 0.6 is 0 Å². The zero-order chi connectivity index (χ0) is 14.5. The molecule has 0 saturated carbocycles. The molecule has 0 heterocycles. The van der Waals surface area contributed by atoms with Gasteiger partial charge in [-0.2, -0.15) is 22.7 Å². The molecule has 0 aromatic heterocycles. The Morgan fingerprint density at radius 3 is 2.63 bits per heavy atom. The highest BCUT2D eigenvalue weighted by molar-refractivity contribution is 7.87. The van der Waals surface area contributed by atoms with Crippen molar-refractivity contribution in [2.24, 2.45) is 0 Å². The topological polar surface area (TPSA) is 73.2 Å². The van der Waals surface area contributed by atoms with Crippen molar-refractivity contribution < 1.29 is 8.42 Å². The van der Waals surface area contributed by atoms with Crippen LogP contribution in [0.4, 0.5) is 0 Å². The quantitative estimate of drug-likeness (QED) is 0.863. The van der Waals surface area contributed by atoms with Crippen LogP contribution in [-0.2, 0) is 10.2 Å². The second-order valence-corrected chi connectivity index (χ2v) is 6.24. The summed E-state index contributed by atoms with van der Waals surface area (Å²) in [6.45, 7) is 3.93. The Hall–Kier alpha value is -1.42. The molecule has 0 spiro atoms. The van der Waals surface area contributed by atoms with E-state index >= 15 is 0 Å². The van der Waals surface area contributed by atoms with Gasteiger partial charge in [0.25, 0.3) is 10.2 Å². The Morgan fingerprint density at radius 1 is 1.42 bits per heavy atom. The predicted molar refractivity (Wildman–Crippen MR) is 74.5 cm³/mol. The molecule has 0 aliphatic carbocycles. The van der Waals surface area contributed by atoms with Crippen molar-refractivity contribution in [2.75, 3.05) is 13.6 Å². The van der Waals surface area contributed by atoms with Crippen LogP contribution in [-0.4, -0.2) is 26.3 Å². The molecule has 1 atom stereocenters. The van der Waals surface area contributed by atoms with Gasteiger partial charge >= 0.3 is 0 Å². The Balaban J connectivity index is 2.79. The molecule has 0 aliphatic heterocycles. The number of hydrogen-bond donors (Lipinski definition) is 1. The van der Waals surface area contributed by atoms with Gasteiger partial charge in [-0.25, -0.2) is 0 Å². The molecule has 1 aromatic rings. The highest BCUT2D eigenvalue weighted by atomic mass is 32.2. The van der Waals surface area contributed by atoms with Gasteiger partial charge in [0.05, 0.1) is 6.07 Å².